The molecule has 2 heterocycles. The molecule has 0 radical (unpaired) electrons. The highest BCUT2D eigenvalue weighted by atomic mass is 32.1. The molecule has 0 saturated heterocycles. The number of hydrogen-bond donors (Lipinski definition) is 0. The zero-order chi connectivity index (χ0) is 18.1. The number of aromatic nitrogens is 2. The van der Waals surface area contributed by atoms with Gasteiger partial charge in [-0.2, -0.15) is 9.78 Å². The van der Waals surface area contributed by atoms with Crippen LogP contribution in [0.2, 0.25) is 0 Å². The Morgan fingerprint density at radius 2 is 1.92 bits per heavy atom. The van der Waals surface area contributed by atoms with Crippen LogP contribution in [0.5, 0.6) is 0 Å². The van der Waals surface area contributed by atoms with Crippen molar-refractivity contribution in [1.29, 1.82) is 0 Å². The smallest absolute Gasteiger partial charge is 0.283 e. The Morgan fingerprint density at radius 3 is 2.52 bits per heavy atom. The Labute approximate surface area is 151 Å². The van der Waals surface area contributed by atoms with E-state index < -0.39 is 0 Å². The van der Waals surface area contributed by atoms with Crippen molar-refractivity contribution >= 4 is 27.9 Å². The molecule has 2 aromatic heterocycles. The molecule has 0 aliphatic heterocycles. The van der Waals surface area contributed by atoms with E-state index in [4.69, 9.17) is 0 Å². The standard InChI is InChI=1S/C19H22N4OS/c1-12(2)14-6-8-15(9-7-14)16-10-25-18-17(16)19(24)23(13(3)21-18)20-11-22(4)5/h6-12H,1-5H3/b20-11+. The van der Waals surface area contributed by atoms with Crippen LogP contribution in [0.1, 0.15) is 31.2 Å². The Balaban J connectivity index is 2.17. The van der Waals surface area contributed by atoms with Crippen molar-refractivity contribution in [2.45, 2.75) is 26.7 Å². The number of rotatable bonds is 4. The molecule has 3 aromatic rings. The van der Waals surface area contributed by atoms with Crippen LogP contribution in [-0.2, 0) is 0 Å². The van der Waals surface area contributed by atoms with Crippen molar-refractivity contribution in [1.82, 2.24) is 14.6 Å². The zero-order valence-electron chi connectivity index (χ0n) is 15.1. The average molecular weight is 354 g/mol. The summed E-state index contributed by atoms with van der Waals surface area (Å²) in [5.74, 6) is 1.06. The summed E-state index contributed by atoms with van der Waals surface area (Å²) in [6.45, 7) is 6.14. The van der Waals surface area contributed by atoms with Gasteiger partial charge in [0.1, 0.15) is 17.0 Å². The van der Waals surface area contributed by atoms with E-state index in [1.54, 1.807) is 18.2 Å². The summed E-state index contributed by atoms with van der Waals surface area (Å²) in [4.78, 5) is 20.1. The van der Waals surface area contributed by atoms with Crippen LogP contribution in [0.3, 0.4) is 0 Å². The van der Waals surface area contributed by atoms with E-state index in [0.29, 0.717) is 17.1 Å². The molecule has 25 heavy (non-hydrogen) atoms. The van der Waals surface area contributed by atoms with E-state index in [1.165, 1.54) is 21.6 Å². The van der Waals surface area contributed by atoms with Gasteiger partial charge in [0.15, 0.2) is 0 Å². The van der Waals surface area contributed by atoms with Gasteiger partial charge >= 0.3 is 0 Å². The first-order chi connectivity index (χ1) is 11.9. The van der Waals surface area contributed by atoms with Crippen molar-refractivity contribution in [2.75, 3.05) is 14.1 Å². The van der Waals surface area contributed by atoms with Crippen molar-refractivity contribution < 1.29 is 0 Å². The van der Waals surface area contributed by atoms with Crippen LogP contribution < -0.4 is 5.56 Å². The van der Waals surface area contributed by atoms with Crippen molar-refractivity contribution in [3.63, 3.8) is 0 Å². The largest absolute Gasteiger partial charge is 0.367 e. The summed E-state index contributed by atoms with van der Waals surface area (Å²) < 4.78 is 1.36. The van der Waals surface area contributed by atoms with E-state index in [2.05, 4.69) is 48.2 Å². The normalized spacial score (nSPS) is 11.8. The molecule has 0 saturated carbocycles. The summed E-state index contributed by atoms with van der Waals surface area (Å²) >= 11 is 1.49. The molecule has 130 valence electrons. The minimum Gasteiger partial charge on any atom is -0.367 e. The lowest BCUT2D eigenvalue weighted by molar-refractivity contribution is 0.626. The molecular weight excluding hydrogens is 332 g/mol. The minimum atomic E-state index is -0.134. The van der Waals surface area contributed by atoms with E-state index in [0.717, 1.165) is 16.0 Å². The first-order valence-electron chi connectivity index (χ1n) is 8.20. The number of nitrogens with zero attached hydrogens (tertiary/aromatic N) is 4. The topological polar surface area (TPSA) is 50.5 Å². The van der Waals surface area contributed by atoms with Gasteiger partial charge in [-0.25, -0.2) is 4.98 Å². The van der Waals surface area contributed by atoms with Gasteiger partial charge in [0.05, 0.1) is 5.39 Å². The second-order valence-corrected chi connectivity index (χ2v) is 7.43. The van der Waals surface area contributed by atoms with Crippen molar-refractivity contribution in [2.24, 2.45) is 5.10 Å². The first kappa shape index (κ1) is 17.4. The SMILES string of the molecule is Cc1nc2scc(-c3ccc(C(C)C)cc3)c2c(=O)n1/N=C/N(C)C. The number of fused-ring (bicyclic) bond motifs is 1. The number of benzene rings is 1. The summed E-state index contributed by atoms with van der Waals surface area (Å²) in [6, 6.07) is 8.38. The molecule has 0 fully saturated rings. The minimum absolute atomic E-state index is 0.134. The third kappa shape index (κ3) is 3.35. The first-order valence-corrected chi connectivity index (χ1v) is 9.08. The molecule has 0 spiro atoms. The number of hydrogen-bond acceptors (Lipinski definition) is 4. The van der Waals surface area contributed by atoms with E-state index in [1.807, 2.05) is 19.5 Å². The Hall–Kier alpha value is -2.47. The van der Waals surface area contributed by atoms with E-state index >= 15 is 0 Å². The van der Waals surface area contributed by atoms with E-state index in [9.17, 15) is 4.79 Å². The predicted molar refractivity (Wildman–Crippen MR) is 106 cm³/mol. The molecule has 0 aliphatic carbocycles. The Morgan fingerprint density at radius 1 is 1.24 bits per heavy atom. The lowest BCUT2D eigenvalue weighted by Crippen LogP contribution is -2.22. The maximum Gasteiger partial charge on any atom is 0.283 e. The number of thiophene rings is 1. The van der Waals surface area contributed by atoms with Gasteiger partial charge < -0.3 is 4.90 Å². The quantitative estimate of drug-likeness (QED) is 0.527. The molecule has 5 nitrogen and oxygen atoms in total. The third-order valence-electron chi connectivity index (χ3n) is 4.03. The van der Waals surface area contributed by atoms with Gasteiger partial charge in [-0.3, -0.25) is 4.79 Å². The second kappa shape index (κ2) is 6.80. The predicted octanol–water partition coefficient (Wildman–Crippen LogP) is 3.91. The van der Waals surface area contributed by atoms with Crippen molar-refractivity contribution in [3.05, 3.63) is 51.4 Å². The molecule has 0 bridgehead atoms. The average Bonchev–Trinajstić information content (AvgIpc) is 2.98. The van der Waals surface area contributed by atoms with Crippen LogP contribution in [0, 0.1) is 6.92 Å². The maximum atomic E-state index is 13.0. The van der Waals surface area contributed by atoms with Gasteiger partial charge in [0.25, 0.3) is 5.56 Å². The fraction of sp³-hybridized carbons (Fsp3) is 0.316. The molecule has 6 heteroatoms. The van der Waals surface area contributed by atoms with Gasteiger partial charge in [-0.15, -0.1) is 11.3 Å². The summed E-state index contributed by atoms with van der Waals surface area (Å²) in [6.07, 6.45) is 1.60. The lowest BCUT2D eigenvalue weighted by Gasteiger charge is -2.08. The highest BCUT2D eigenvalue weighted by Gasteiger charge is 2.15. The molecule has 0 atom stereocenters. The Bertz CT molecular complexity index is 981. The highest BCUT2D eigenvalue weighted by Crippen LogP contribution is 2.31. The monoisotopic (exact) mass is 354 g/mol. The molecule has 0 amide bonds. The summed E-state index contributed by atoms with van der Waals surface area (Å²) in [7, 11) is 3.73. The fourth-order valence-corrected chi connectivity index (χ4v) is 3.62. The van der Waals surface area contributed by atoms with E-state index in [-0.39, 0.29) is 5.56 Å². The maximum absolute atomic E-state index is 13.0. The zero-order valence-corrected chi connectivity index (χ0v) is 16.0. The second-order valence-electron chi connectivity index (χ2n) is 6.58. The van der Waals surface area contributed by atoms with Gasteiger partial charge in [0, 0.05) is 25.0 Å². The van der Waals surface area contributed by atoms with Gasteiger partial charge in [-0.05, 0) is 24.0 Å². The molecule has 3 rings (SSSR count). The fourth-order valence-electron chi connectivity index (χ4n) is 2.63. The number of aryl methyl sites for hydroxylation is 1. The van der Waals surface area contributed by atoms with Crippen LogP contribution in [0.4, 0.5) is 0 Å². The Kier molecular flexibility index (Phi) is 4.72. The molecule has 0 N–H and O–H groups in total. The van der Waals surface area contributed by atoms with Crippen LogP contribution >= 0.6 is 11.3 Å². The van der Waals surface area contributed by atoms with Gasteiger partial charge in [0.2, 0.25) is 0 Å². The molecular formula is C19H22N4OS. The molecule has 0 unspecified atom stereocenters. The van der Waals surface area contributed by atoms with Crippen LogP contribution in [0.15, 0.2) is 39.5 Å². The lowest BCUT2D eigenvalue weighted by atomic mass is 9.99. The van der Waals surface area contributed by atoms with Crippen LogP contribution in [-0.4, -0.2) is 35.0 Å². The van der Waals surface area contributed by atoms with Crippen molar-refractivity contribution in [3.8, 4) is 11.1 Å². The summed E-state index contributed by atoms with van der Waals surface area (Å²) in [5.41, 5.74) is 3.10. The third-order valence-corrected chi connectivity index (χ3v) is 4.91. The molecule has 0 aliphatic rings. The van der Waals surface area contributed by atoms with Gasteiger partial charge in [-0.1, -0.05) is 38.1 Å². The highest BCUT2D eigenvalue weighted by molar-refractivity contribution is 7.17. The molecule has 1 aromatic carbocycles. The summed E-state index contributed by atoms with van der Waals surface area (Å²) in [5, 5.41) is 6.89. The van der Waals surface area contributed by atoms with Crippen LogP contribution in [0.25, 0.3) is 21.3 Å².